The maximum Gasteiger partial charge on any atom is 0.259 e. The Bertz CT molecular complexity index is 1010. The van der Waals surface area contributed by atoms with Gasteiger partial charge in [-0.05, 0) is 61.0 Å². The van der Waals surface area contributed by atoms with Crippen LogP contribution in [0, 0.1) is 0 Å². The van der Waals surface area contributed by atoms with Gasteiger partial charge in [-0.1, -0.05) is 24.3 Å². The van der Waals surface area contributed by atoms with Crippen molar-refractivity contribution in [2.45, 2.75) is 13.8 Å². The summed E-state index contributed by atoms with van der Waals surface area (Å²) in [6.07, 6.45) is 0. The average Bonchev–Trinajstić information content (AvgIpc) is 2.73. The summed E-state index contributed by atoms with van der Waals surface area (Å²) in [4.78, 5) is 26.3. The Morgan fingerprint density at radius 2 is 1.59 bits per heavy atom. The largest absolute Gasteiger partial charge is 0.483 e. The van der Waals surface area contributed by atoms with Crippen molar-refractivity contribution >= 4 is 34.0 Å². The van der Waals surface area contributed by atoms with Gasteiger partial charge in [0.25, 0.3) is 11.8 Å². The number of rotatable bonds is 8. The van der Waals surface area contributed by atoms with Crippen LogP contribution in [0.15, 0.2) is 60.7 Å². The number of carbonyl (C=O) groups is 2. The molecule has 29 heavy (non-hydrogen) atoms. The Morgan fingerprint density at radius 3 is 2.17 bits per heavy atom. The smallest absolute Gasteiger partial charge is 0.259 e. The third kappa shape index (κ3) is 4.85. The summed E-state index contributed by atoms with van der Waals surface area (Å²) in [7, 11) is 0. The van der Waals surface area contributed by atoms with Crippen LogP contribution in [0.3, 0.4) is 0 Å². The van der Waals surface area contributed by atoms with E-state index in [0.717, 1.165) is 29.5 Å². The van der Waals surface area contributed by atoms with Crippen LogP contribution in [-0.4, -0.2) is 31.5 Å². The summed E-state index contributed by atoms with van der Waals surface area (Å²) in [5, 5.41) is 4.71. The molecule has 0 aliphatic rings. The molecule has 0 saturated heterocycles. The number of amides is 2. The van der Waals surface area contributed by atoms with E-state index in [0.29, 0.717) is 17.0 Å². The second-order valence-corrected chi connectivity index (χ2v) is 6.62. The first-order chi connectivity index (χ1) is 14.0. The Hall–Kier alpha value is -3.54. The fourth-order valence-corrected chi connectivity index (χ4v) is 3.21. The lowest BCUT2D eigenvalue weighted by molar-refractivity contribution is -0.119. The van der Waals surface area contributed by atoms with Crippen LogP contribution in [-0.2, 0) is 4.79 Å². The Balaban J connectivity index is 1.87. The van der Waals surface area contributed by atoms with Gasteiger partial charge < -0.3 is 20.7 Å². The number of benzene rings is 3. The van der Waals surface area contributed by atoms with E-state index in [2.05, 4.69) is 24.1 Å². The molecule has 3 aromatic carbocycles. The van der Waals surface area contributed by atoms with Gasteiger partial charge >= 0.3 is 0 Å². The van der Waals surface area contributed by atoms with Crippen LogP contribution < -0.4 is 20.7 Å². The third-order valence-electron chi connectivity index (χ3n) is 4.72. The number of ether oxygens (including phenoxy) is 1. The first kappa shape index (κ1) is 20.2. The monoisotopic (exact) mass is 391 g/mol. The molecule has 3 rings (SSSR count). The van der Waals surface area contributed by atoms with Crippen LogP contribution in [0.4, 0.5) is 11.4 Å². The predicted molar refractivity (Wildman–Crippen MR) is 117 cm³/mol. The lowest BCUT2D eigenvalue weighted by atomic mass is 10.1. The van der Waals surface area contributed by atoms with E-state index >= 15 is 0 Å². The quantitative estimate of drug-likeness (QED) is 0.612. The third-order valence-corrected chi connectivity index (χ3v) is 4.72. The van der Waals surface area contributed by atoms with Gasteiger partial charge in [0.2, 0.25) is 0 Å². The molecule has 3 N–H and O–H groups in total. The Kier molecular flexibility index (Phi) is 6.34. The Labute approximate surface area is 170 Å². The molecule has 0 saturated carbocycles. The van der Waals surface area contributed by atoms with Crippen molar-refractivity contribution in [3.8, 4) is 5.75 Å². The summed E-state index contributed by atoms with van der Waals surface area (Å²) < 4.78 is 5.50. The molecular weight excluding hydrogens is 366 g/mol. The van der Waals surface area contributed by atoms with Gasteiger partial charge in [-0.25, -0.2) is 0 Å². The molecule has 2 amide bonds. The Morgan fingerprint density at radius 1 is 0.966 bits per heavy atom. The zero-order chi connectivity index (χ0) is 20.8. The highest BCUT2D eigenvalue weighted by Crippen LogP contribution is 2.27. The molecule has 0 fully saturated rings. The van der Waals surface area contributed by atoms with Gasteiger partial charge in [-0.2, -0.15) is 0 Å². The summed E-state index contributed by atoms with van der Waals surface area (Å²) in [5.74, 6) is -0.595. The minimum absolute atomic E-state index is 0.294. The van der Waals surface area contributed by atoms with E-state index in [4.69, 9.17) is 10.5 Å². The van der Waals surface area contributed by atoms with Crippen LogP contribution in [0.1, 0.15) is 24.2 Å². The van der Waals surface area contributed by atoms with Gasteiger partial charge in [0.05, 0.1) is 5.56 Å². The summed E-state index contributed by atoms with van der Waals surface area (Å²) in [6.45, 7) is 5.75. The molecule has 0 radical (unpaired) electrons. The first-order valence-electron chi connectivity index (χ1n) is 9.62. The lowest BCUT2D eigenvalue weighted by Crippen LogP contribution is -2.22. The molecule has 0 spiro atoms. The average molecular weight is 391 g/mol. The molecule has 0 aromatic heterocycles. The number of nitrogens with one attached hydrogen (secondary N) is 1. The highest BCUT2D eigenvalue weighted by atomic mass is 16.5. The second-order valence-electron chi connectivity index (χ2n) is 6.62. The predicted octanol–water partition coefficient (Wildman–Crippen LogP) is 3.80. The molecule has 0 heterocycles. The fourth-order valence-electron chi connectivity index (χ4n) is 3.21. The van der Waals surface area contributed by atoms with Gasteiger partial charge in [0, 0.05) is 24.5 Å². The second kappa shape index (κ2) is 9.10. The van der Waals surface area contributed by atoms with Gasteiger partial charge in [0.1, 0.15) is 5.75 Å². The zero-order valence-electron chi connectivity index (χ0n) is 16.6. The normalized spacial score (nSPS) is 10.6. The number of fused-ring (bicyclic) bond motifs is 1. The molecular formula is C23H25N3O3. The number of nitrogens with zero attached hydrogens (tertiary/aromatic N) is 1. The van der Waals surface area contributed by atoms with E-state index in [-0.39, 0.29) is 12.5 Å². The number of hydrogen-bond acceptors (Lipinski definition) is 4. The van der Waals surface area contributed by atoms with Gasteiger partial charge in [-0.3, -0.25) is 9.59 Å². The van der Waals surface area contributed by atoms with E-state index in [9.17, 15) is 9.59 Å². The summed E-state index contributed by atoms with van der Waals surface area (Å²) in [5.41, 5.74) is 7.32. The zero-order valence-corrected chi connectivity index (χ0v) is 16.6. The van der Waals surface area contributed by atoms with Crippen LogP contribution in [0.2, 0.25) is 0 Å². The van der Waals surface area contributed by atoms with Crippen molar-refractivity contribution in [1.82, 2.24) is 0 Å². The molecule has 0 aliphatic carbocycles. The lowest BCUT2D eigenvalue weighted by Gasteiger charge is -2.21. The maximum atomic E-state index is 12.9. The van der Waals surface area contributed by atoms with E-state index in [1.54, 1.807) is 12.1 Å². The SMILES string of the molecule is CCN(CC)c1ccc(NC(=O)c2cc3ccccc3cc2OCC(N)=O)cc1. The molecule has 3 aromatic rings. The van der Waals surface area contributed by atoms with Crippen LogP contribution in [0.25, 0.3) is 10.8 Å². The van der Waals surface area contributed by atoms with Crippen molar-refractivity contribution in [2.24, 2.45) is 5.73 Å². The molecule has 0 unspecified atom stereocenters. The molecule has 0 bridgehead atoms. The van der Waals surface area contributed by atoms with Crippen LogP contribution in [0.5, 0.6) is 5.75 Å². The molecule has 0 atom stereocenters. The topological polar surface area (TPSA) is 84.7 Å². The summed E-state index contributed by atoms with van der Waals surface area (Å²) >= 11 is 0. The molecule has 6 heteroatoms. The number of hydrogen-bond donors (Lipinski definition) is 2. The molecule has 6 nitrogen and oxygen atoms in total. The highest BCUT2D eigenvalue weighted by molar-refractivity contribution is 6.08. The number of nitrogens with two attached hydrogens (primary N) is 1. The van der Waals surface area contributed by atoms with E-state index in [1.807, 2.05) is 48.5 Å². The minimum Gasteiger partial charge on any atom is -0.483 e. The van der Waals surface area contributed by atoms with Gasteiger partial charge in [0.15, 0.2) is 6.61 Å². The van der Waals surface area contributed by atoms with Crippen molar-refractivity contribution in [3.05, 3.63) is 66.2 Å². The molecule has 150 valence electrons. The number of anilines is 2. The first-order valence-corrected chi connectivity index (χ1v) is 9.62. The number of carbonyl (C=O) groups excluding carboxylic acids is 2. The van der Waals surface area contributed by atoms with Crippen molar-refractivity contribution < 1.29 is 14.3 Å². The molecule has 0 aliphatic heterocycles. The van der Waals surface area contributed by atoms with Crippen LogP contribution >= 0.6 is 0 Å². The van der Waals surface area contributed by atoms with Crippen molar-refractivity contribution in [1.29, 1.82) is 0 Å². The standard InChI is InChI=1S/C23H25N3O3/c1-3-26(4-2)19-11-9-18(10-12-19)25-23(28)20-13-16-7-5-6-8-17(16)14-21(20)29-15-22(24)27/h5-14H,3-4,15H2,1-2H3,(H2,24,27)(H,25,28). The van der Waals surface area contributed by atoms with E-state index in [1.165, 1.54) is 0 Å². The van der Waals surface area contributed by atoms with Crippen molar-refractivity contribution in [3.63, 3.8) is 0 Å². The number of primary amides is 1. The fraction of sp³-hybridized carbons (Fsp3) is 0.217. The van der Waals surface area contributed by atoms with Gasteiger partial charge in [-0.15, -0.1) is 0 Å². The van der Waals surface area contributed by atoms with Crippen molar-refractivity contribution in [2.75, 3.05) is 29.9 Å². The van der Waals surface area contributed by atoms with E-state index < -0.39 is 5.91 Å². The minimum atomic E-state index is -0.600. The highest BCUT2D eigenvalue weighted by Gasteiger charge is 2.15. The maximum absolute atomic E-state index is 12.9. The summed E-state index contributed by atoms with van der Waals surface area (Å²) in [6, 6.07) is 18.8.